The molecule has 2 aromatic rings. The molecule has 0 N–H and O–H groups in total. The molecule has 1 aliphatic rings. The van der Waals surface area contributed by atoms with Gasteiger partial charge in [0.2, 0.25) is 11.0 Å². The second-order valence-electron chi connectivity index (χ2n) is 6.08. The van der Waals surface area contributed by atoms with Crippen LogP contribution in [0.1, 0.15) is 49.9 Å². The third-order valence-electron chi connectivity index (χ3n) is 4.12. The van der Waals surface area contributed by atoms with Crippen LogP contribution in [-0.4, -0.2) is 33.2 Å². The van der Waals surface area contributed by atoms with E-state index in [0.717, 1.165) is 12.8 Å². The average molecular weight is 410 g/mol. The standard InChI is InChI=1S/C18H20ClN3O2S2/c1-3-14(16(24)11-5-7-12(19)8-6-11)25-18-21-20-17(26-18)22(13-9-10-13)15(23)4-2/h5-8,13-14H,3-4,9-10H2,1-2H3. The van der Waals surface area contributed by atoms with Gasteiger partial charge >= 0.3 is 0 Å². The molecule has 1 amide bonds. The zero-order valence-corrected chi connectivity index (χ0v) is 17.0. The number of hydrogen-bond donors (Lipinski definition) is 0. The summed E-state index contributed by atoms with van der Waals surface area (Å²) >= 11 is 8.69. The summed E-state index contributed by atoms with van der Waals surface area (Å²) in [5.41, 5.74) is 0.638. The molecule has 0 bridgehead atoms. The van der Waals surface area contributed by atoms with Gasteiger partial charge in [-0.2, -0.15) is 0 Å². The Morgan fingerprint density at radius 3 is 2.54 bits per heavy atom. The van der Waals surface area contributed by atoms with Crippen molar-refractivity contribution in [2.45, 2.75) is 55.2 Å². The van der Waals surface area contributed by atoms with Crippen LogP contribution in [0.15, 0.2) is 28.6 Å². The number of amides is 1. The molecule has 1 saturated carbocycles. The average Bonchev–Trinajstić information content (AvgIpc) is 3.38. The second-order valence-corrected chi connectivity index (χ2v) is 8.93. The second kappa shape index (κ2) is 8.50. The number of ketones is 1. The van der Waals surface area contributed by atoms with Crippen molar-refractivity contribution in [2.24, 2.45) is 0 Å². The van der Waals surface area contributed by atoms with Crippen molar-refractivity contribution in [1.82, 2.24) is 10.2 Å². The summed E-state index contributed by atoms with van der Waals surface area (Å²) in [4.78, 5) is 26.7. The molecule has 26 heavy (non-hydrogen) atoms. The van der Waals surface area contributed by atoms with Crippen molar-refractivity contribution in [1.29, 1.82) is 0 Å². The summed E-state index contributed by atoms with van der Waals surface area (Å²) < 4.78 is 0.712. The van der Waals surface area contributed by atoms with Crippen LogP contribution in [0.3, 0.4) is 0 Å². The largest absolute Gasteiger partial charge is 0.293 e. The molecule has 0 saturated heterocycles. The molecule has 1 heterocycles. The van der Waals surface area contributed by atoms with Gasteiger partial charge < -0.3 is 0 Å². The highest BCUT2D eigenvalue weighted by molar-refractivity contribution is 8.02. The fraction of sp³-hybridized carbons (Fsp3) is 0.444. The minimum Gasteiger partial charge on any atom is -0.293 e. The summed E-state index contributed by atoms with van der Waals surface area (Å²) in [5.74, 6) is 0.124. The Morgan fingerprint density at radius 1 is 1.27 bits per heavy atom. The summed E-state index contributed by atoms with van der Waals surface area (Å²) in [7, 11) is 0. The van der Waals surface area contributed by atoms with Crippen LogP contribution in [0.4, 0.5) is 5.13 Å². The van der Waals surface area contributed by atoms with Crippen LogP contribution >= 0.6 is 34.7 Å². The highest BCUT2D eigenvalue weighted by Crippen LogP contribution is 2.38. The van der Waals surface area contributed by atoms with Gasteiger partial charge in [-0.25, -0.2) is 0 Å². The number of benzene rings is 1. The Kier molecular flexibility index (Phi) is 6.32. The van der Waals surface area contributed by atoms with Crippen LogP contribution in [0, 0.1) is 0 Å². The van der Waals surface area contributed by atoms with Crippen molar-refractivity contribution < 1.29 is 9.59 Å². The number of thioether (sulfide) groups is 1. The maximum Gasteiger partial charge on any atom is 0.228 e. The van der Waals surface area contributed by atoms with Crippen LogP contribution in [0.25, 0.3) is 0 Å². The number of anilines is 1. The first-order valence-corrected chi connectivity index (χ1v) is 10.7. The van der Waals surface area contributed by atoms with E-state index >= 15 is 0 Å². The van der Waals surface area contributed by atoms with Gasteiger partial charge in [0.25, 0.3) is 0 Å². The van der Waals surface area contributed by atoms with Crippen LogP contribution in [-0.2, 0) is 4.79 Å². The number of carbonyl (C=O) groups is 2. The number of rotatable bonds is 8. The zero-order chi connectivity index (χ0) is 18.7. The Bertz CT molecular complexity index is 790. The van der Waals surface area contributed by atoms with E-state index in [2.05, 4.69) is 10.2 Å². The van der Waals surface area contributed by atoms with Gasteiger partial charge in [-0.1, -0.05) is 48.5 Å². The molecule has 0 spiro atoms. The first-order valence-electron chi connectivity index (χ1n) is 8.65. The molecule has 1 unspecified atom stereocenters. The summed E-state index contributed by atoms with van der Waals surface area (Å²) in [6.07, 6.45) is 3.16. The Labute approximate surface area is 166 Å². The third-order valence-corrected chi connectivity index (χ3v) is 6.74. The van der Waals surface area contributed by atoms with E-state index in [0.29, 0.717) is 32.9 Å². The molecule has 1 atom stereocenters. The SMILES string of the molecule is CCC(=O)N(c1nnc(SC(CC)C(=O)c2ccc(Cl)cc2)s1)C1CC1. The maximum atomic E-state index is 12.7. The van der Waals surface area contributed by atoms with E-state index in [4.69, 9.17) is 11.6 Å². The molecule has 138 valence electrons. The Hall–Kier alpha value is -1.44. The fourth-order valence-electron chi connectivity index (χ4n) is 2.56. The van der Waals surface area contributed by atoms with E-state index in [1.54, 1.807) is 29.2 Å². The zero-order valence-electron chi connectivity index (χ0n) is 14.6. The number of halogens is 1. The number of hydrogen-bond acceptors (Lipinski definition) is 6. The van der Waals surface area contributed by atoms with Gasteiger partial charge in [0.15, 0.2) is 10.1 Å². The lowest BCUT2D eigenvalue weighted by Gasteiger charge is -2.17. The molecule has 1 aromatic carbocycles. The quantitative estimate of drug-likeness (QED) is 0.354. The molecule has 1 fully saturated rings. The fourth-order valence-corrected chi connectivity index (χ4v) is 4.86. The van der Waals surface area contributed by atoms with Crippen LogP contribution in [0.2, 0.25) is 5.02 Å². The number of aromatic nitrogens is 2. The first-order chi connectivity index (χ1) is 12.5. The molecule has 1 aromatic heterocycles. The van der Waals surface area contributed by atoms with E-state index in [-0.39, 0.29) is 23.0 Å². The van der Waals surface area contributed by atoms with E-state index in [1.165, 1.54) is 23.1 Å². The van der Waals surface area contributed by atoms with Crippen molar-refractivity contribution in [3.05, 3.63) is 34.9 Å². The lowest BCUT2D eigenvalue weighted by molar-refractivity contribution is -0.118. The minimum absolute atomic E-state index is 0.0506. The Morgan fingerprint density at radius 2 is 1.96 bits per heavy atom. The third kappa shape index (κ3) is 4.45. The monoisotopic (exact) mass is 409 g/mol. The predicted molar refractivity (Wildman–Crippen MR) is 106 cm³/mol. The van der Waals surface area contributed by atoms with E-state index < -0.39 is 0 Å². The minimum atomic E-state index is -0.242. The predicted octanol–water partition coefficient (Wildman–Crippen LogP) is 4.85. The number of Topliss-reactive ketones (excluding diaryl/α,β-unsaturated/α-hetero) is 1. The summed E-state index contributed by atoms with van der Waals surface area (Å²) in [6.45, 7) is 3.83. The normalized spacial score (nSPS) is 14.9. The van der Waals surface area contributed by atoms with Gasteiger partial charge in [-0.15, -0.1) is 10.2 Å². The van der Waals surface area contributed by atoms with E-state index in [9.17, 15) is 9.59 Å². The lowest BCUT2D eigenvalue weighted by Crippen LogP contribution is -2.32. The summed E-state index contributed by atoms with van der Waals surface area (Å²) in [6, 6.07) is 7.19. The number of carbonyl (C=O) groups excluding carboxylic acids is 2. The van der Waals surface area contributed by atoms with Crippen molar-refractivity contribution in [3.63, 3.8) is 0 Å². The molecule has 1 aliphatic carbocycles. The molecular formula is C18H20ClN3O2S2. The van der Waals surface area contributed by atoms with Gasteiger partial charge in [-0.3, -0.25) is 14.5 Å². The van der Waals surface area contributed by atoms with Crippen molar-refractivity contribution in [2.75, 3.05) is 4.90 Å². The van der Waals surface area contributed by atoms with Crippen LogP contribution < -0.4 is 4.90 Å². The smallest absolute Gasteiger partial charge is 0.228 e. The molecule has 0 aliphatic heterocycles. The maximum absolute atomic E-state index is 12.7. The molecule has 0 radical (unpaired) electrons. The van der Waals surface area contributed by atoms with Crippen LogP contribution in [0.5, 0.6) is 0 Å². The van der Waals surface area contributed by atoms with Gasteiger partial charge in [0.1, 0.15) is 0 Å². The molecule has 5 nitrogen and oxygen atoms in total. The molecule has 8 heteroatoms. The molecular weight excluding hydrogens is 390 g/mol. The Balaban J connectivity index is 1.73. The number of nitrogens with zero attached hydrogens (tertiary/aromatic N) is 3. The topological polar surface area (TPSA) is 63.2 Å². The first kappa shape index (κ1) is 19.3. The van der Waals surface area contributed by atoms with Gasteiger partial charge in [0, 0.05) is 23.0 Å². The van der Waals surface area contributed by atoms with Gasteiger partial charge in [-0.05, 0) is 43.5 Å². The molecule has 3 rings (SSSR count). The van der Waals surface area contributed by atoms with Gasteiger partial charge in [0.05, 0.1) is 5.25 Å². The van der Waals surface area contributed by atoms with Crippen molar-refractivity contribution in [3.8, 4) is 0 Å². The van der Waals surface area contributed by atoms with Crippen molar-refractivity contribution >= 4 is 51.5 Å². The highest BCUT2D eigenvalue weighted by Gasteiger charge is 2.35. The van der Waals surface area contributed by atoms with E-state index in [1.807, 2.05) is 13.8 Å². The summed E-state index contributed by atoms with van der Waals surface area (Å²) in [5, 5.41) is 9.41. The highest BCUT2D eigenvalue weighted by atomic mass is 35.5. The lowest BCUT2D eigenvalue weighted by atomic mass is 10.1.